The monoisotopic (exact) mass is 428 g/mol. The van der Waals surface area contributed by atoms with Crippen molar-refractivity contribution in [3.05, 3.63) is 88.3 Å². The van der Waals surface area contributed by atoms with E-state index in [1.807, 2.05) is 48.0 Å². The Bertz CT molecular complexity index is 1150. The number of nitriles is 1. The number of ether oxygens (including phenoxy) is 1. The predicted molar refractivity (Wildman–Crippen MR) is 123 cm³/mol. The van der Waals surface area contributed by atoms with Crippen LogP contribution in [0.5, 0.6) is 5.75 Å². The lowest BCUT2D eigenvalue weighted by Gasteiger charge is -2.09. The maximum atomic E-state index is 9.79. The molecule has 1 aliphatic heterocycles. The molecular weight excluding hydrogens is 408 g/mol. The van der Waals surface area contributed by atoms with Gasteiger partial charge in [0.1, 0.15) is 17.4 Å². The van der Waals surface area contributed by atoms with Crippen molar-refractivity contribution in [1.29, 1.82) is 5.26 Å². The van der Waals surface area contributed by atoms with Gasteiger partial charge in [-0.15, -0.1) is 0 Å². The third-order valence-corrected chi connectivity index (χ3v) is 5.51. The van der Waals surface area contributed by atoms with E-state index in [0.717, 1.165) is 34.0 Å². The fourth-order valence-electron chi connectivity index (χ4n) is 3.00. The van der Waals surface area contributed by atoms with Crippen LogP contribution in [0.15, 0.2) is 71.5 Å². The molecule has 0 saturated carbocycles. The van der Waals surface area contributed by atoms with Crippen LogP contribution in [-0.4, -0.2) is 28.6 Å². The molecule has 0 unspecified atom stereocenters. The number of rotatable bonds is 7. The summed E-state index contributed by atoms with van der Waals surface area (Å²) in [5.41, 5.74) is 4.12. The minimum Gasteiger partial charge on any atom is -0.497 e. The van der Waals surface area contributed by atoms with E-state index in [9.17, 15) is 5.26 Å². The maximum absolute atomic E-state index is 9.79. The molecule has 0 bridgehead atoms. The van der Waals surface area contributed by atoms with Crippen LogP contribution in [0.3, 0.4) is 0 Å². The van der Waals surface area contributed by atoms with Crippen LogP contribution >= 0.6 is 11.8 Å². The average Bonchev–Trinajstić information content (AvgIpc) is 3.30. The lowest BCUT2D eigenvalue weighted by atomic mass is 10.1. The van der Waals surface area contributed by atoms with Gasteiger partial charge in [-0.25, -0.2) is 9.97 Å². The Hall–Kier alpha value is -3.83. The molecule has 0 saturated heterocycles. The molecule has 1 aromatic carbocycles. The van der Waals surface area contributed by atoms with Gasteiger partial charge in [-0.05, 0) is 53.9 Å². The Labute approximate surface area is 184 Å². The third kappa shape index (κ3) is 5.02. The summed E-state index contributed by atoms with van der Waals surface area (Å²) in [7, 11) is 1.64. The van der Waals surface area contributed by atoms with E-state index in [2.05, 4.69) is 31.7 Å². The van der Waals surface area contributed by atoms with E-state index in [1.54, 1.807) is 25.6 Å². The summed E-state index contributed by atoms with van der Waals surface area (Å²) in [5.74, 6) is 1.29. The SMILES string of the molecule is COc1ccc(C2=CS/C(=C(\C#N)c3ccnc(NCCc4cccnc4)n3)N2)cc1. The molecule has 0 aliphatic carbocycles. The van der Waals surface area contributed by atoms with Gasteiger partial charge in [-0.1, -0.05) is 17.8 Å². The topological polar surface area (TPSA) is 95.8 Å². The van der Waals surface area contributed by atoms with Crippen molar-refractivity contribution in [3.8, 4) is 11.8 Å². The number of nitrogens with zero attached hydrogens (tertiary/aromatic N) is 4. The predicted octanol–water partition coefficient (Wildman–Crippen LogP) is 4.06. The number of methoxy groups -OCH3 is 1. The normalized spacial score (nSPS) is 14.3. The molecule has 0 spiro atoms. The van der Waals surface area contributed by atoms with E-state index in [4.69, 9.17) is 4.74 Å². The minimum atomic E-state index is 0.475. The highest BCUT2D eigenvalue weighted by molar-refractivity contribution is 8.06. The van der Waals surface area contributed by atoms with E-state index < -0.39 is 0 Å². The number of aromatic nitrogens is 3. The van der Waals surface area contributed by atoms with Gasteiger partial charge in [0.25, 0.3) is 0 Å². The van der Waals surface area contributed by atoms with Crippen molar-refractivity contribution in [3.63, 3.8) is 0 Å². The summed E-state index contributed by atoms with van der Waals surface area (Å²) < 4.78 is 5.21. The van der Waals surface area contributed by atoms with Crippen LogP contribution in [-0.2, 0) is 6.42 Å². The first-order valence-corrected chi connectivity index (χ1v) is 10.5. The van der Waals surface area contributed by atoms with E-state index in [-0.39, 0.29) is 0 Å². The Kier molecular flexibility index (Phi) is 6.45. The second kappa shape index (κ2) is 9.78. The highest BCUT2D eigenvalue weighted by atomic mass is 32.2. The van der Waals surface area contributed by atoms with Gasteiger partial charge < -0.3 is 15.4 Å². The number of benzene rings is 1. The second-order valence-electron chi connectivity index (χ2n) is 6.62. The van der Waals surface area contributed by atoms with Gasteiger partial charge in [-0.2, -0.15) is 5.26 Å². The standard InChI is InChI=1S/C23H20N6OS/c1-30-18-6-4-17(5-7-18)21-15-31-22(28-21)19(13-24)20-9-12-27-23(29-20)26-11-8-16-3-2-10-25-14-16/h2-7,9-10,12,14-15,28H,8,11H2,1H3,(H,26,27,29)/b22-19+. The number of allylic oxidation sites excluding steroid dienone is 1. The lowest BCUT2D eigenvalue weighted by Crippen LogP contribution is -2.10. The lowest BCUT2D eigenvalue weighted by molar-refractivity contribution is 0.415. The molecule has 2 aromatic heterocycles. The average molecular weight is 429 g/mol. The van der Waals surface area contributed by atoms with Crippen molar-refractivity contribution >= 4 is 29.0 Å². The summed E-state index contributed by atoms with van der Waals surface area (Å²) in [6.45, 7) is 0.670. The molecule has 1 aliphatic rings. The first-order valence-electron chi connectivity index (χ1n) is 9.65. The number of anilines is 1. The van der Waals surface area contributed by atoms with Gasteiger partial charge in [0.05, 0.1) is 23.5 Å². The van der Waals surface area contributed by atoms with Crippen LogP contribution < -0.4 is 15.4 Å². The van der Waals surface area contributed by atoms with Gasteiger partial charge in [0.15, 0.2) is 0 Å². The van der Waals surface area contributed by atoms with Crippen LogP contribution in [0.25, 0.3) is 11.3 Å². The van der Waals surface area contributed by atoms with Crippen LogP contribution in [0, 0.1) is 11.3 Å². The molecule has 8 heteroatoms. The first-order chi connectivity index (χ1) is 15.3. The number of pyridine rings is 1. The summed E-state index contributed by atoms with van der Waals surface area (Å²) in [6.07, 6.45) is 6.06. The zero-order valence-electron chi connectivity index (χ0n) is 16.9. The Morgan fingerprint density at radius 3 is 2.81 bits per heavy atom. The smallest absolute Gasteiger partial charge is 0.223 e. The number of hydrogen-bond donors (Lipinski definition) is 2. The van der Waals surface area contributed by atoms with Crippen molar-refractivity contribution in [2.24, 2.45) is 0 Å². The van der Waals surface area contributed by atoms with Crippen LogP contribution in [0.4, 0.5) is 5.95 Å². The van der Waals surface area contributed by atoms with Gasteiger partial charge in [0.2, 0.25) is 5.95 Å². The van der Waals surface area contributed by atoms with E-state index >= 15 is 0 Å². The van der Waals surface area contributed by atoms with Gasteiger partial charge >= 0.3 is 0 Å². The largest absolute Gasteiger partial charge is 0.497 e. The van der Waals surface area contributed by atoms with Crippen molar-refractivity contribution in [2.75, 3.05) is 19.0 Å². The van der Waals surface area contributed by atoms with Gasteiger partial charge in [0, 0.05) is 30.5 Å². The Morgan fingerprint density at radius 2 is 2.06 bits per heavy atom. The number of hydrogen-bond acceptors (Lipinski definition) is 8. The van der Waals surface area contributed by atoms with Gasteiger partial charge in [-0.3, -0.25) is 4.98 Å². The first kappa shape index (κ1) is 20.4. The molecule has 31 heavy (non-hydrogen) atoms. The van der Waals surface area contributed by atoms with Crippen molar-refractivity contribution in [2.45, 2.75) is 6.42 Å². The van der Waals surface area contributed by atoms with Crippen LogP contribution in [0.2, 0.25) is 0 Å². The summed E-state index contributed by atoms with van der Waals surface area (Å²) in [5, 5.41) is 19.1. The molecule has 2 N–H and O–H groups in total. The van der Waals surface area contributed by atoms with Crippen LogP contribution in [0.1, 0.15) is 16.8 Å². The summed E-state index contributed by atoms with van der Waals surface area (Å²) in [6, 6.07) is 15.7. The maximum Gasteiger partial charge on any atom is 0.223 e. The second-order valence-corrected chi connectivity index (χ2v) is 7.50. The fraction of sp³-hybridized carbons (Fsp3) is 0.130. The van der Waals surface area contributed by atoms with E-state index in [1.165, 1.54) is 11.8 Å². The molecule has 3 heterocycles. The molecule has 4 rings (SSSR count). The third-order valence-electron chi connectivity index (χ3n) is 4.61. The molecule has 0 atom stereocenters. The number of thioether (sulfide) groups is 1. The minimum absolute atomic E-state index is 0.475. The quantitative estimate of drug-likeness (QED) is 0.544. The molecule has 0 radical (unpaired) electrons. The Balaban J connectivity index is 1.45. The molecular formula is C23H20N6OS. The van der Waals surface area contributed by atoms with E-state index in [0.29, 0.717) is 23.8 Å². The molecule has 7 nitrogen and oxygen atoms in total. The Morgan fingerprint density at radius 1 is 1.19 bits per heavy atom. The molecule has 154 valence electrons. The molecule has 0 amide bonds. The van der Waals surface area contributed by atoms with Crippen molar-refractivity contribution in [1.82, 2.24) is 20.3 Å². The number of nitrogens with one attached hydrogen (secondary N) is 2. The molecule has 3 aromatic rings. The summed E-state index contributed by atoms with van der Waals surface area (Å²) in [4.78, 5) is 12.9. The molecule has 0 fully saturated rings. The summed E-state index contributed by atoms with van der Waals surface area (Å²) >= 11 is 1.47. The zero-order valence-corrected chi connectivity index (χ0v) is 17.7. The van der Waals surface area contributed by atoms with Crippen molar-refractivity contribution < 1.29 is 4.74 Å². The zero-order chi connectivity index (χ0) is 21.5. The highest BCUT2D eigenvalue weighted by Crippen LogP contribution is 2.35. The highest BCUT2D eigenvalue weighted by Gasteiger charge is 2.18. The fourth-order valence-corrected chi connectivity index (χ4v) is 3.87.